The first-order chi connectivity index (χ1) is 47.1. The number of aliphatic carboxylic acids is 3. The molecule has 0 saturated carbocycles. The lowest BCUT2D eigenvalue weighted by Crippen LogP contribution is -2.61. The second kappa shape index (κ2) is 37.7. The number of carboxylic acid groups (broad SMARTS) is 3. The molecule has 10 atom stereocenters. The van der Waals surface area contributed by atoms with Crippen molar-refractivity contribution in [2.45, 2.75) is 99.6 Å². The van der Waals surface area contributed by atoms with Crippen molar-refractivity contribution in [2.75, 3.05) is 56.0 Å². The number of guanidine groups is 1. The van der Waals surface area contributed by atoms with E-state index in [0.29, 0.717) is 22.5 Å². The summed E-state index contributed by atoms with van der Waals surface area (Å²) in [7, 11) is 3.31. The van der Waals surface area contributed by atoms with Crippen molar-refractivity contribution < 1.29 is 108 Å². The fourth-order valence-electron chi connectivity index (χ4n) is 9.07. The summed E-state index contributed by atoms with van der Waals surface area (Å²) in [6, 6.07) is 5.66. The number of nitrogens with two attached hydrogens (primary N) is 2. The van der Waals surface area contributed by atoms with Gasteiger partial charge in [-0.25, -0.2) is 24.4 Å². The Morgan fingerprint density at radius 1 is 0.778 bits per heavy atom. The van der Waals surface area contributed by atoms with Crippen LogP contribution in [0.4, 0.5) is 16.4 Å². The van der Waals surface area contributed by atoms with Gasteiger partial charge in [0.15, 0.2) is 28.6 Å². The molecule has 0 radical (unpaired) electrons. The molecule has 1 fully saturated rings. The summed E-state index contributed by atoms with van der Waals surface area (Å²) >= 11 is 0. The van der Waals surface area contributed by atoms with E-state index in [1.165, 1.54) is 61.8 Å². The first-order valence-corrected chi connectivity index (χ1v) is 32.2. The molecule has 0 unspecified atom stereocenters. The van der Waals surface area contributed by atoms with E-state index in [2.05, 4.69) is 62.5 Å². The van der Waals surface area contributed by atoms with Gasteiger partial charge in [-0.2, -0.15) is 4.98 Å². The number of aromatic nitrogens is 4. The molecule has 6 rings (SSSR count). The number of hydrogen-bond donors (Lipinski definition) is 21. The van der Waals surface area contributed by atoms with Crippen molar-refractivity contribution in [1.82, 2.24) is 57.2 Å². The van der Waals surface area contributed by atoms with Gasteiger partial charge < -0.3 is 119 Å². The number of carboxylic acids is 3. The fourth-order valence-corrected chi connectivity index (χ4v) is 11.0. The molecule has 3 aromatic carbocycles. The van der Waals surface area contributed by atoms with Crippen molar-refractivity contribution in [3.8, 4) is 23.0 Å². The molecule has 40 heteroatoms. The molecule has 0 bridgehead atoms. The number of hydrogen-bond acceptors (Lipinski definition) is 28. The molecule has 1 saturated heterocycles. The number of nitrogens with one attached hydrogen (secondary N) is 10. The third kappa shape index (κ3) is 24.4. The Labute approximate surface area is 568 Å². The van der Waals surface area contributed by atoms with Crippen LogP contribution >= 0.6 is 21.6 Å². The van der Waals surface area contributed by atoms with E-state index in [9.17, 15) is 93.9 Å². The second-order valence-electron chi connectivity index (χ2n) is 21.5. The van der Waals surface area contributed by atoms with Crippen molar-refractivity contribution in [3.63, 3.8) is 0 Å². The molecule has 0 spiro atoms. The number of fused-ring (bicyclic) bond motifs is 1. The number of nitrogen functional groups attached to an aromatic ring is 1. The molecule has 534 valence electrons. The minimum atomic E-state index is -1.92. The zero-order valence-electron chi connectivity index (χ0n) is 52.3. The molecule has 6 amide bonds. The number of carbonyl (C=O) groups excluding carboxylic acids is 6. The number of H-pyrrole nitrogens is 1. The number of methoxy groups -OCH3 is 1. The molecule has 0 aliphatic carbocycles. The van der Waals surface area contributed by atoms with Crippen molar-refractivity contribution in [3.05, 3.63) is 99.6 Å². The number of aliphatic hydroxyl groups is 4. The van der Waals surface area contributed by atoms with Gasteiger partial charge in [0.1, 0.15) is 72.7 Å². The number of alkyl carbamates (subject to hydrolysis) is 1. The largest absolute Gasteiger partial charge is 0.508 e. The monoisotopic (exact) mass is 1420 g/mol. The number of phenolic OH excluding ortho intramolecular Hbond substituents is 2. The Morgan fingerprint density at radius 2 is 1.46 bits per heavy atom. The summed E-state index contributed by atoms with van der Waals surface area (Å²) in [6.45, 7) is -1.82. The molecule has 23 N–H and O–H groups in total. The van der Waals surface area contributed by atoms with Crippen LogP contribution in [0.15, 0.2) is 71.7 Å². The minimum Gasteiger partial charge on any atom is -0.508 e. The van der Waals surface area contributed by atoms with E-state index in [1.807, 2.05) is 0 Å². The number of amides is 6. The Balaban J connectivity index is 0.941. The highest BCUT2D eigenvalue weighted by Crippen LogP contribution is 2.31. The summed E-state index contributed by atoms with van der Waals surface area (Å²) < 4.78 is 21.6. The smallest absolute Gasteiger partial charge is 0.407 e. The van der Waals surface area contributed by atoms with E-state index >= 15 is 0 Å². The average molecular weight is 1420 g/mol. The molecule has 1 aliphatic rings. The van der Waals surface area contributed by atoms with Gasteiger partial charge in [0.25, 0.3) is 11.5 Å². The van der Waals surface area contributed by atoms with Gasteiger partial charge in [-0.05, 0) is 78.9 Å². The van der Waals surface area contributed by atoms with Crippen molar-refractivity contribution in [2.24, 2.45) is 5.73 Å². The average Bonchev–Trinajstić information content (AvgIpc) is 0.819. The summed E-state index contributed by atoms with van der Waals surface area (Å²) in [5.74, 6) is -11.3. The molecule has 5 aromatic rings. The number of aromatic hydroxyl groups is 2. The van der Waals surface area contributed by atoms with Crippen LogP contribution < -0.4 is 69.0 Å². The second-order valence-corrected chi connectivity index (χ2v) is 24.1. The van der Waals surface area contributed by atoms with Gasteiger partial charge >= 0.3 is 24.0 Å². The summed E-state index contributed by atoms with van der Waals surface area (Å²) in [5.41, 5.74) is 12.2. The first-order valence-electron chi connectivity index (χ1n) is 29.7. The third-order valence-electron chi connectivity index (χ3n) is 14.1. The number of carbonyl (C=O) groups is 9. The lowest BCUT2D eigenvalue weighted by molar-refractivity contribution is -0.270. The number of ether oxygens (including phenoxy) is 4. The topological polar surface area (TPSA) is 616 Å². The molecule has 38 nitrogen and oxygen atoms in total. The van der Waals surface area contributed by atoms with Crippen LogP contribution in [0.2, 0.25) is 0 Å². The molecule has 3 heterocycles. The number of aromatic amines is 1. The van der Waals surface area contributed by atoms with Crippen LogP contribution in [0.25, 0.3) is 23.3 Å². The zero-order valence-corrected chi connectivity index (χ0v) is 54.0. The number of anilines is 2. The molecular formula is C59H73N15O23S2. The normalized spacial score (nSPS) is 17.2. The number of phenols is 2. The Hall–Kier alpha value is -10.8. The highest BCUT2D eigenvalue weighted by Gasteiger charge is 2.45. The highest BCUT2D eigenvalue weighted by molar-refractivity contribution is 8.76. The Kier molecular flexibility index (Phi) is 29.4. The molecule has 99 heavy (non-hydrogen) atoms. The maximum atomic E-state index is 13.8. The Bertz CT molecular complexity index is 3800. The van der Waals surface area contributed by atoms with Gasteiger partial charge in [-0.1, -0.05) is 39.8 Å². The van der Waals surface area contributed by atoms with E-state index in [0.717, 1.165) is 21.6 Å². The fraction of sp³-hybridized carbons (Fsp3) is 0.390. The third-order valence-corrected chi connectivity index (χ3v) is 16.5. The predicted octanol–water partition coefficient (Wildman–Crippen LogP) is -2.79. The quantitative estimate of drug-likeness (QED) is 0.00628. The minimum absolute atomic E-state index is 0.00693. The molecular weight excluding hydrogens is 1350 g/mol. The summed E-state index contributed by atoms with van der Waals surface area (Å²) in [5, 5.41) is 119. The maximum absolute atomic E-state index is 13.8. The van der Waals surface area contributed by atoms with Crippen LogP contribution in [-0.4, -0.2) is 231 Å². The van der Waals surface area contributed by atoms with Gasteiger partial charge in [-0.3, -0.25) is 44.0 Å². The van der Waals surface area contributed by atoms with E-state index in [4.69, 9.17) is 35.8 Å². The van der Waals surface area contributed by atoms with Crippen LogP contribution in [0.5, 0.6) is 23.0 Å². The summed E-state index contributed by atoms with van der Waals surface area (Å²) in [4.78, 5) is 143. The maximum Gasteiger partial charge on any atom is 0.407 e. The lowest BCUT2D eigenvalue weighted by Gasteiger charge is -2.40. The van der Waals surface area contributed by atoms with Gasteiger partial charge in [0, 0.05) is 48.3 Å². The lowest BCUT2D eigenvalue weighted by atomic mass is 9.99. The predicted molar refractivity (Wildman–Crippen MR) is 351 cm³/mol. The Morgan fingerprint density at radius 3 is 2.14 bits per heavy atom. The van der Waals surface area contributed by atoms with Crippen LogP contribution in [-0.2, 0) is 49.6 Å². The zero-order chi connectivity index (χ0) is 72.5. The molecule has 1 aliphatic heterocycles. The summed E-state index contributed by atoms with van der Waals surface area (Å²) in [6.07, 6.45) is -7.42. The SMILES string of the molecule is COc1ccc(/C=C/c2cc(O)cc(O[C@@H]3O[C@H](CNC(=O)OCCSSC[C@H](NC(=O)[C@H](CO)NC(=O)[C@H](CCCNC(=N)N)NC(=O)[C@H](CC(=O)O)NC(=O)CC[C@H](NC(=O)c4ccc(NCc5cnc6nc(N)[nH]c(=O)c6n5)cc4)C(=O)O)C(=O)O)[C@@H](O)[C@H](O)[C@H]3O)c2)cc1O. The molecule has 2 aromatic heterocycles. The number of benzene rings is 3. The van der Waals surface area contributed by atoms with Crippen LogP contribution in [0.1, 0.15) is 59.3 Å². The number of rotatable bonds is 37. The van der Waals surface area contributed by atoms with E-state index < -0.39 is 158 Å². The van der Waals surface area contributed by atoms with Gasteiger partial charge in [0.2, 0.25) is 35.9 Å². The van der Waals surface area contributed by atoms with Crippen molar-refractivity contribution in [1.29, 1.82) is 5.41 Å². The van der Waals surface area contributed by atoms with Gasteiger partial charge in [0.05, 0.1) is 38.6 Å². The van der Waals surface area contributed by atoms with Crippen LogP contribution in [0, 0.1) is 5.41 Å². The first kappa shape index (κ1) is 77.2. The number of aliphatic hydroxyl groups excluding tert-OH is 4. The highest BCUT2D eigenvalue weighted by atomic mass is 33.1. The van der Waals surface area contributed by atoms with Crippen molar-refractivity contribution >= 4 is 116 Å². The van der Waals surface area contributed by atoms with E-state index in [1.54, 1.807) is 24.3 Å². The van der Waals surface area contributed by atoms with Crippen LogP contribution in [0.3, 0.4) is 0 Å². The van der Waals surface area contributed by atoms with E-state index in [-0.39, 0.29) is 89.7 Å². The standard InChI is InChI=1S/C59H73N15O23S2/c1-94-40-12-6-27(19-39(40)77)4-5-28-17-32(76)20-33(18-28)96-56-47(83)46(82)45(81)41(97-56)24-66-59(93)95-15-16-98-99-26-38(55(91)92)72-52(87)37(25-75)71-50(85)34(3-2-14-63-57(60)61)69-51(86)36(21-43(79)80)68-42(78)13-11-35(54(89)90)70-49(84)29-7-9-30(10-8-29)64-22-31-23-65-48-44(67-31)53(88)74-58(62)73-48/h4-10,12,17-20,23,34-38,41,45-47,56,64,75-77,81-83H,2-3,11,13-16,21-22,24-26H2,1H3,(H,66,93)(H,68,78)(H,69,86)(H,70,84)(H,71,85)(H,72,87)(H,79,80)(H,89,90)(H,91,92)(H4,60,61,63)(H3,62,65,73,74,88)/b5-4+/t34-,35-,36-,37-,38-,41+,45+,46-,47+,56+/m0/s1. The van der Waals surface area contributed by atoms with Gasteiger partial charge in [-0.15, -0.1) is 0 Å². The number of nitrogens with zero attached hydrogens (tertiary/aromatic N) is 3.